The lowest BCUT2D eigenvalue weighted by Gasteiger charge is -2.23. The van der Waals surface area contributed by atoms with Crippen LogP contribution in [-0.2, 0) is 24.3 Å². The standard InChI is InChI=1S/C24H29BrN4O/c1-17(2)15-29-19(4)23(18(3)27-29)12-13-24(30)28(16-21-7-5-6-14-26-21)22-10-8-20(25)9-11-22/h5-11,14,17H,12-13,15-16H2,1-4H3. The van der Waals surface area contributed by atoms with E-state index < -0.39 is 0 Å². The number of carbonyl (C=O) groups is 1. The van der Waals surface area contributed by atoms with Gasteiger partial charge >= 0.3 is 0 Å². The highest BCUT2D eigenvalue weighted by atomic mass is 79.9. The van der Waals surface area contributed by atoms with Crippen LogP contribution in [0.15, 0.2) is 53.1 Å². The topological polar surface area (TPSA) is 51.0 Å². The van der Waals surface area contributed by atoms with Crippen LogP contribution in [-0.4, -0.2) is 20.7 Å². The number of amides is 1. The summed E-state index contributed by atoms with van der Waals surface area (Å²) in [7, 11) is 0. The van der Waals surface area contributed by atoms with Gasteiger partial charge in [0.1, 0.15) is 0 Å². The molecular formula is C24H29BrN4O. The average Bonchev–Trinajstić information content (AvgIpc) is 2.98. The van der Waals surface area contributed by atoms with Crippen LogP contribution in [0.4, 0.5) is 5.69 Å². The number of nitrogens with zero attached hydrogens (tertiary/aromatic N) is 4. The zero-order valence-electron chi connectivity index (χ0n) is 18.1. The molecule has 0 N–H and O–H groups in total. The Morgan fingerprint density at radius 1 is 1.13 bits per heavy atom. The normalized spacial score (nSPS) is 11.1. The number of aryl methyl sites for hydroxylation is 1. The van der Waals surface area contributed by atoms with Gasteiger partial charge in [0.15, 0.2) is 0 Å². The van der Waals surface area contributed by atoms with Crippen LogP contribution < -0.4 is 4.90 Å². The van der Waals surface area contributed by atoms with E-state index in [-0.39, 0.29) is 5.91 Å². The second-order valence-electron chi connectivity index (χ2n) is 8.00. The Kier molecular flexibility index (Phi) is 7.43. The van der Waals surface area contributed by atoms with E-state index in [9.17, 15) is 4.79 Å². The number of rotatable bonds is 8. The van der Waals surface area contributed by atoms with Gasteiger partial charge in [-0.15, -0.1) is 0 Å². The summed E-state index contributed by atoms with van der Waals surface area (Å²) in [5.41, 5.74) is 5.09. The van der Waals surface area contributed by atoms with Crippen molar-refractivity contribution in [3.05, 3.63) is 75.8 Å². The molecule has 0 radical (unpaired) electrons. The molecule has 0 aliphatic carbocycles. The molecule has 0 aliphatic rings. The van der Waals surface area contributed by atoms with Gasteiger partial charge in [-0.3, -0.25) is 14.5 Å². The Balaban J connectivity index is 1.78. The first-order valence-electron chi connectivity index (χ1n) is 10.3. The SMILES string of the molecule is Cc1nn(CC(C)C)c(C)c1CCC(=O)N(Cc1ccccn1)c1ccc(Br)cc1. The van der Waals surface area contributed by atoms with Crippen molar-refractivity contribution in [1.82, 2.24) is 14.8 Å². The van der Waals surface area contributed by atoms with Crippen LogP contribution in [0.5, 0.6) is 0 Å². The van der Waals surface area contributed by atoms with Gasteiger partial charge in [-0.1, -0.05) is 35.8 Å². The highest BCUT2D eigenvalue weighted by Crippen LogP contribution is 2.23. The zero-order valence-corrected chi connectivity index (χ0v) is 19.7. The molecule has 2 heterocycles. The van der Waals surface area contributed by atoms with Crippen molar-refractivity contribution < 1.29 is 4.79 Å². The lowest BCUT2D eigenvalue weighted by Crippen LogP contribution is -2.31. The van der Waals surface area contributed by atoms with E-state index in [1.807, 2.05) is 54.3 Å². The zero-order chi connectivity index (χ0) is 21.7. The number of anilines is 1. The van der Waals surface area contributed by atoms with E-state index in [0.29, 0.717) is 25.3 Å². The first-order chi connectivity index (χ1) is 14.3. The molecule has 0 fully saturated rings. The molecule has 3 aromatic rings. The molecule has 0 saturated heterocycles. The summed E-state index contributed by atoms with van der Waals surface area (Å²) in [5.74, 6) is 0.613. The van der Waals surface area contributed by atoms with Crippen molar-refractivity contribution >= 4 is 27.5 Å². The molecule has 158 valence electrons. The third kappa shape index (κ3) is 5.57. The summed E-state index contributed by atoms with van der Waals surface area (Å²) < 4.78 is 3.06. The van der Waals surface area contributed by atoms with Gasteiger partial charge in [0.05, 0.1) is 17.9 Å². The van der Waals surface area contributed by atoms with Crippen molar-refractivity contribution in [3.63, 3.8) is 0 Å². The van der Waals surface area contributed by atoms with Crippen LogP contribution in [0, 0.1) is 19.8 Å². The maximum Gasteiger partial charge on any atom is 0.227 e. The van der Waals surface area contributed by atoms with E-state index >= 15 is 0 Å². The summed E-state index contributed by atoms with van der Waals surface area (Å²) >= 11 is 3.47. The molecule has 2 aromatic heterocycles. The van der Waals surface area contributed by atoms with Crippen molar-refractivity contribution in [3.8, 4) is 0 Å². The Morgan fingerprint density at radius 2 is 1.87 bits per heavy atom. The van der Waals surface area contributed by atoms with E-state index in [0.717, 1.165) is 33.8 Å². The van der Waals surface area contributed by atoms with Gasteiger partial charge in [-0.2, -0.15) is 5.10 Å². The van der Waals surface area contributed by atoms with E-state index in [1.54, 1.807) is 6.20 Å². The lowest BCUT2D eigenvalue weighted by atomic mass is 10.1. The molecule has 3 rings (SSSR count). The lowest BCUT2D eigenvalue weighted by molar-refractivity contribution is -0.118. The van der Waals surface area contributed by atoms with Crippen LogP contribution in [0.3, 0.4) is 0 Å². The van der Waals surface area contributed by atoms with Gasteiger partial charge in [0, 0.05) is 35.0 Å². The quantitative estimate of drug-likeness (QED) is 0.439. The van der Waals surface area contributed by atoms with Crippen molar-refractivity contribution in [2.75, 3.05) is 4.90 Å². The van der Waals surface area contributed by atoms with Crippen LogP contribution in [0.2, 0.25) is 0 Å². The number of hydrogen-bond donors (Lipinski definition) is 0. The number of pyridine rings is 1. The Morgan fingerprint density at radius 3 is 2.50 bits per heavy atom. The van der Waals surface area contributed by atoms with Crippen LogP contribution in [0.1, 0.15) is 42.9 Å². The average molecular weight is 469 g/mol. The second-order valence-corrected chi connectivity index (χ2v) is 8.92. The summed E-state index contributed by atoms with van der Waals surface area (Å²) in [5, 5.41) is 4.69. The third-order valence-electron chi connectivity index (χ3n) is 5.14. The number of hydrogen-bond acceptors (Lipinski definition) is 3. The summed E-state index contributed by atoms with van der Waals surface area (Å²) in [6.07, 6.45) is 2.87. The van der Waals surface area contributed by atoms with Crippen molar-refractivity contribution in [2.24, 2.45) is 5.92 Å². The molecule has 0 aliphatic heterocycles. The van der Waals surface area contributed by atoms with Gasteiger partial charge in [0.2, 0.25) is 5.91 Å². The maximum atomic E-state index is 13.3. The Bertz CT molecular complexity index is 980. The number of aromatic nitrogens is 3. The molecule has 1 aromatic carbocycles. The van der Waals surface area contributed by atoms with Crippen LogP contribution >= 0.6 is 15.9 Å². The number of carbonyl (C=O) groups excluding carboxylic acids is 1. The monoisotopic (exact) mass is 468 g/mol. The second kappa shape index (κ2) is 10.0. The Labute approximate surface area is 187 Å². The highest BCUT2D eigenvalue weighted by molar-refractivity contribution is 9.10. The van der Waals surface area contributed by atoms with E-state index in [1.165, 1.54) is 5.56 Å². The van der Waals surface area contributed by atoms with Crippen molar-refractivity contribution in [2.45, 2.75) is 53.6 Å². The fourth-order valence-electron chi connectivity index (χ4n) is 3.58. The molecule has 1 amide bonds. The largest absolute Gasteiger partial charge is 0.306 e. The highest BCUT2D eigenvalue weighted by Gasteiger charge is 2.19. The molecule has 0 unspecified atom stereocenters. The van der Waals surface area contributed by atoms with E-state index in [4.69, 9.17) is 0 Å². The Hall–Kier alpha value is -2.47. The molecular weight excluding hydrogens is 440 g/mol. The smallest absolute Gasteiger partial charge is 0.227 e. The van der Waals surface area contributed by atoms with Gasteiger partial charge in [0.25, 0.3) is 0 Å². The summed E-state index contributed by atoms with van der Waals surface area (Å²) in [4.78, 5) is 19.5. The predicted molar refractivity (Wildman–Crippen MR) is 124 cm³/mol. The minimum Gasteiger partial charge on any atom is -0.306 e. The molecule has 0 spiro atoms. The predicted octanol–water partition coefficient (Wildman–Crippen LogP) is 5.48. The van der Waals surface area contributed by atoms with Gasteiger partial charge < -0.3 is 4.90 Å². The first kappa shape index (κ1) is 22.2. The fourth-order valence-corrected chi connectivity index (χ4v) is 3.85. The minimum atomic E-state index is 0.0818. The first-order valence-corrected chi connectivity index (χ1v) is 11.1. The number of benzene rings is 1. The van der Waals surface area contributed by atoms with Gasteiger partial charge in [-0.05, 0) is 68.1 Å². The molecule has 30 heavy (non-hydrogen) atoms. The van der Waals surface area contributed by atoms with Crippen LogP contribution in [0.25, 0.3) is 0 Å². The van der Waals surface area contributed by atoms with Gasteiger partial charge in [-0.25, -0.2) is 0 Å². The maximum absolute atomic E-state index is 13.3. The van der Waals surface area contributed by atoms with E-state index in [2.05, 4.69) is 51.5 Å². The molecule has 0 saturated carbocycles. The fraction of sp³-hybridized carbons (Fsp3) is 0.375. The third-order valence-corrected chi connectivity index (χ3v) is 5.67. The number of halogens is 1. The molecule has 0 atom stereocenters. The van der Waals surface area contributed by atoms with Crippen molar-refractivity contribution in [1.29, 1.82) is 0 Å². The molecule has 5 nitrogen and oxygen atoms in total. The minimum absolute atomic E-state index is 0.0818. The molecule has 0 bridgehead atoms. The summed E-state index contributed by atoms with van der Waals surface area (Å²) in [6, 6.07) is 13.6. The molecule has 6 heteroatoms. The summed E-state index contributed by atoms with van der Waals surface area (Å²) in [6.45, 7) is 9.85.